The second-order valence-electron chi connectivity index (χ2n) is 9.29. The molecule has 1 aliphatic rings. The summed E-state index contributed by atoms with van der Waals surface area (Å²) in [5, 5.41) is 3.34. The van der Waals surface area contributed by atoms with Gasteiger partial charge in [0.2, 0.25) is 5.95 Å². The Morgan fingerprint density at radius 3 is 2.77 bits per heavy atom. The van der Waals surface area contributed by atoms with Crippen molar-refractivity contribution >= 4 is 39.1 Å². The lowest BCUT2D eigenvalue weighted by Gasteiger charge is -2.29. The third-order valence-electron chi connectivity index (χ3n) is 6.33. The monoisotopic (exact) mass is 490 g/mol. The summed E-state index contributed by atoms with van der Waals surface area (Å²) in [6.45, 7) is 6.26. The predicted molar refractivity (Wildman–Crippen MR) is 141 cm³/mol. The van der Waals surface area contributed by atoms with Crippen LogP contribution in [0.3, 0.4) is 0 Å². The number of nitrogens with one attached hydrogen (secondary N) is 2. The Morgan fingerprint density at radius 1 is 1.29 bits per heavy atom. The van der Waals surface area contributed by atoms with Crippen molar-refractivity contribution in [1.82, 2.24) is 19.9 Å². The van der Waals surface area contributed by atoms with Crippen molar-refractivity contribution in [2.75, 3.05) is 25.5 Å². The molecule has 1 aromatic carbocycles. The standard InChI is InChI=1S/C26H30N6O2S/c1-15(2)34-20-13-17(16-8-11-32(3)12-9-16)6-7-18(20)30-26-29-14-21-23(31-26)22(19-5-4-10-28-19)24(35-21)25(27)33/h4-7,10,13-16,28H,8-9,11-12H2,1-3H3,(H2,27,33)(H,29,30,31). The number of amides is 1. The summed E-state index contributed by atoms with van der Waals surface area (Å²) < 4.78 is 6.98. The van der Waals surface area contributed by atoms with E-state index in [2.05, 4.69) is 39.4 Å². The lowest BCUT2D eigenvalue weighted by molar-refractivity contribution is 0.100. The maximum atomic E-state index is 12.1. The van der Waals surface area contributed by atoms with Gasteiger partial charge >= 0.3 is 0 Å². The van der Waals surface area contributed by atoms with E-state index in [1.165, 1.54) is 16.9 Å². The number of H-pyrrole nitrogens is 1. The van der Waals surface area contributed by atoms with E-state index in [0.29, 0.717) is 27.8 Å². The van der Waals surface area contributed by atoms with Crippen molar-refractivity contribution in [3.63, 3.8) is 0 Å². The molecule has 0 aliphatic carbocycles. The molecule has 3 aromatic heterocycles. The average molecular weight is 491 g/mol. The first-order valence-electron chi connectivity index (χ1n) is 11.9. The fourth-order valence-corrected chi connectivity index (χ4v) is 5.55. The number of carbonyl (C=O) groups excluding carboxylic acids is 1. The summed E-state index contributed by atoms with van der Waals surface area (Å²) in [4.78, 5) is 27.4. The quantitative estimate of drug-likeness (QED) is 0.332. The van der Waals surface area contributed by atoms with Gasteiger partial charge in [0.15, 0.2) is 0 Å². The lowest BCUT2D eigenvalue weighted by Crippen LogP contribution is -2.29. The summed E-state index contributed by atoms with van der Waals surface area (Å²) in [6, 6.07) is 10.2. The number of piperidine rings is 1. The molecular formula is C26H30N6O2S. The van der Waals surface area contributed by atoms with E-state index < -0.39 is 5.91 Å². The zero-order chi connectivity index (χ0) is 24.5. The molecule has 5 rings (SSSR count). The summed E-state index contributed by atoms with van der Waals surface area (Å²) in [6.07, 6.45) is 5.86. The number of aromatic amines is 1. The van der Waals surface area contributed by atoms with Crippen LogP contribution in [-0.2, 0) is 0 Å². The van der Waals surface area contributed by atoms with E-state index in [1.807, 2.05) is 38.2 Å². The van der Waals surface area contributed by atoms with Gasteiger partial charge in [-0.1, -0.05) is 6.07 Å². The number of fused-ring (bicyclic) bond motifs is 1. The number of ether oxygens (including phenoxy) is 1. The number of nitrogens with two attached hydrogens (primary N) is 1. The number of nitrogens with zero attached hydrogens (tertiary/aromatic N) is 3. The molecule has 0 unspecified atom stereocenters. The zero-order valence-corrected chi connectivity index (χ0v) is 21.0. The predicted octanol–water partition coefficient (Wildman–Crippen LogP) is 5.13. The molecular weight excluding hydrogens is 460 g/mol. The number of benzene rings is 1. The molecule has 9 heteroatoms. The number of hydrogen-bond donors (Lipinski definition) is 3. The molecule has 1 saturated heterocycles. The van der Waals surface area contributed by atoms with Crippen LogP contribution in [0.25, 0.3) is 21.5 Å². The van der Waals surface area contributed by atoms with Gasteiger partial charge in [-0.2, -0.15) is 0 Å². The first-order valence-corrected chi connectivity index (χ1v) is 12.7. The van der Waals surface area contributed by atoms with E-state index in [4.69, 9.17) is 15.5 Å². The first kappa shape index (κ1) is 23.3. The molecule has 0 atom stereocenters. The number of hydrogen-bond acceptors (Lipinski definition) is 7. The van der Waals surface area contributed by atoms with Crippen molar-refractivity contribution in [3.05, 3.63) is 53.2 Å². The normalized spacial score (nSPS) is 15.1. The van der Waals surface area contributed by atoms with Gasteiger partial charge in [0.25, 0.3) is 5.91 Å². The Balaban J connectivity index is 1.50. The van der Waals surface area contributed by atoms with E-state index >= 15 is 0 Å². The molecule has 0 radical (unpaired) electrons. The molecule has 0 saturated carbocycles. The highest BCUT2D eigenvalue weighted by molar-refractivity contribution is 7.21. The van der Waals surface area contributed by atoms with Gasteiger partial charge in [-0.25, -0.2) is 9.97 Å². The molecule has 4 aromatic rings. The number of anilines is 2. The van der Waals surface area contributed by atoms with Crippen molar-refractivity contribution < 1.29 is 9.53 Å². The Morgan fingerprint density at radius 2 is 2.09 bits per heavy atom. The van der Waals surface area contributed by atoms with Crippen LogP contribution in [-0.4, -0.2) is 52.0 Å². The van der Waals surface area contributed by atoms with E-state index in [-0.39, 0.29) is 6.10 Å². The number of primary amides is 1. The van der Waals surface area contributed by atoms with Gasteiger partial charge in [-0.15, -0.1) is 11.3 Å². The number of carbonyl (C=O) groups is 1. The Bertz CT molecular complexity index is 1340. The summed E-state index contributed by atoms with van der Waals surface area (Å²) in [5.41, 5.74) is 9.95. The maximum absolute atomic E-state index is 12.1. The SMILES string of the molecule is CC(C)Oc1cc(C2CCN(C)CC2)ccc1Nc1ncc2sc(C(N)=O)c(-c3ccc[nH]3)c2n1. The molecule has 182 valence electrons. The van der Waals surface area contributed by atoms with Crippen LogP contribution in [0.1, 0.15) is 47.8 Å². The zero-order valence-electron chi connectivity index (χ0n) is 20.2. The third kappa shape index (κ3) is 4.87. The lowest BCUT2D eigenvalue weighted by atomic mass is 9.89. The van der Waals surface area contributed by atoms with Crippen LogP contribution in [0.2, 0.25) is 0 Å². The van der Waals surface area contributed by atoms with Crippen LogP contribution >= 0.6 is 11.3 Å². The summed E-state index contributed by atoms with van der Waals surface area (Å²) in [5.74, 6) is 1.26. The third-order valence-corrected chi connectivity index (χ3v) is 7.46. The van der Waals surface area contributed by atoms with Crippen LogP contribution in [0.15, 0.2) is 42.7 Å². The molecule has 1 amide bonds. The summed E-state index contributed by atoms with van der Waals surface area (Å²) >= 11 is 1.30. The van der Waals surface area contributed by atoms with Crippen molar-refractivity contribution in [2.45, 2.75) is 38.7 Å². The largest absolute Gasteiger partial charge is 0.489 e. The van der Waals surface area contributed by atoms with Crippen LogP contribution in [0.4, 0.5) is 11.6 Å². The van der Waals surface area contributed by atoms with Crippen LogP contribution in [0.5, 0.6) is 5.75 Å². The minimum absolute atomic E-state index is 0.0289. The molecule has 35 heavy (non-hydrogen) atoms. The Labute approximate surface area is 208 Å². The molecule has 0 bridgehead atoms. The topological polar surface area (TPSA) is 109 Å². The van der Waals surface area contributed by atoms with Crippen molar-refractivity contribution in [3.8, 4) is 17.0 Å². The van der Waals surface area contributed by atoms with Crippen molar-refractivity contribution in [2.24, 2.45) is 5.73 Å². The second kappa shape index (κ2) is 9.67. The molecule has 8 nitrogen and oxygen atoms in total. The van der Waals surface area contributed by atoms with E-state index in [1.54, 1.807) is 6.20 Å². The molecule has 4 heterocycles. The number of thiophene rings is 1. The number of rotatable bonds is 7. The molecule has 1 aliphatic heterocycles. The molecule has 1 fully saturated rings. The maximum Gasteiger partial charge on any atom is 0.259 e. The summed E-state index contributed by atoms with van der Waals surface area (Å²) in [7, 11) is 2.18. The van der Waals surface area contributed by atoms with E-state index in [9.17, 15) is 4.79 Å². The smallest absolute Gasteiger partial charge is 0.259 e. The second-order valence-corrected chi connectivity index (χ2v) is 10.3. The highest BCUT2D eigenvalue weighted by Gasteiger charge is 2.22. The van der Waals surface area contributed by atoms with Gasteiger partial charge in [0, 0.05) is 17.5 Å². The van der Waals surface area contributed by atoms with Crippen molar-refractivity contribution in [1.29, 1.82) is 0 Å². The van der Waals surface area contributed by atoms with Crippen LogP contribution in [0, 0.1) is 0 Å². The average Bonchev–Trinajstić information content (AvgIpc) is 3.48. The number of likely N-dealkylation sites (tertiary alicyclic amines) is 1. The molecule has 4 N–H and O–H groups in total. The van der Waals surface area contributed by atoms with E-state index in [0.717, 1.165) is 47.8 Å². The minimum atomic E-state index is -0.482. The number of aromatic nitrogens is 3. The van der Waals surface area contributed by atoms with Gasteiger partial charge in [-0.3, -0.25) is 4.79 Å². The van der Waals surface area contributed by atoms with Gasteiger partial charge in [-0.05, 0) is 82.6 Å². The minimum Gasteiger partial charge on any atom is -0.489 e. The fourth-order valence-electron chi connectivity index (χ4n) is 4.57. The first-order chi connectivity index (χ1) is 16.9. The highest BCUT2D eigenvalue weighted by atomic mass is 32.1. The molecule has 0 spiro atoms. The Hall–Kier alpha value is -3.43. The van der Waals surface area contributed by atoms with Gasteiger partial charge in [0.05, 0.1) is 28.2 Å². The highest BCUT2D eigenvalue weighted by Crippen LogP contribution is 2.38. The Kier molecular flexibility index (Phi) is 6.44. The van der Waals surface area contributed by atoms with Gasteiger partial charge < -0.3 is 25.7 Å². The van der Waals surface area contributed by atoms with Crippen LogP contribution < -0.4 is 15.8 Å². The van der Waals surface area contributed by atoms with Gasteiger partial charge in [0.1, 0.15) is 10.6 Å². The fraction of sp³-hybridized carbons (Fsp3) is 0.346.